The van der Waals surface area contributed by atoms with Crippen LogP contribution in [0, 0.1) is 0 Å². The Balaban J connectivity index is 1.10. The van der Waals surface area contributed by atoms with E-state index in [-0.39, 0.29) is 6.17 Å². The van der Waals surface area contributed by atoms with Gasteiger partial charge in [0.1, 0.15) is 23.2 Å². The zero-order valence-electron chi connectivity index (χ0n) is 29.1. The molecule has 1 unspecified atom stereocenters. The smallest absolute Gasteiger partial charge is 0.160 e. The molecule has 0 saturated heterocycles. The zero-order chi connectivity index (χ0) is 35.6. The second-order valence-electron chi connectivity index (χ2n) is 13.8. The number of rotatable bonds is 5. The molecular formula is C49H32N4O. The van der Waals surface area contributed by atoms with Gasteiger partial charge >= 0.3 is 0 Å². The lowest BCUT2D eigenvalue weighted by Gasteiger charge is -2.24. The zero-order valence-corrected chi connectivity index (χ0v) is 29.1. The SMILES string of the molecule is c1ccc(-c2cccc(C3N=C(c4cccc5c(-n6c7ccccc7c7ccccc76)cccc45)N=C(c4ccc5c(c4)oc4ccccc45)N3)c2)cc1. The predicted octanol–water partition coefficient (Wildman–Crippen LogP) is 12.0. The Bertz CT molecular complexity index is 3100. The van der Waals surface area contributed by atoms with E-state index >= 15 is 0 Å². The van der Waals surface area contributed by atoms with Crippen molar-refractivity contribution in [3.05, 3.63) is 199 Å². The van der Waals surface area contributed by atoms with E-state index in [0.717, 1.165) is 72.1 Å². The highest BCUT2D eigenvalue weighted by atomic mass is 16.3. The number of nitrogens with one attached hydrogen (secondary N) is 1. The van der Waals surface area contributed by atoms with Crippen LogP contribution in [0.15, 0.2) is 196 Å². The van der Waals surface area contributed by atoms with Crippen LogP contribution in [-0.4, -0.2) is 16.2 Å². The topological polar surface area (TPSA) is 54.8 Å². The van der Waals surface area contributed by atoms with Crippen molar-refractivity contribution in [2.45, 2.75) is 6.17 Å². The first-order chi connectivity index (χ1) is 26.8. The first kappa shape index (κ1) is 30.4. The summed E-state index contributed by atoms with van der Waals surface area (Å²) in [5.74, 6) is 1.42. The molecule has 10 aromatic rings. The van der Waals surface area contributed by atoms with Gasteiger partial charge in [-0.3, -0.25) is 0 Å². The number of hydrogen-bond acceptors (Lipinski definition) is 4. The van der Waals surface area contributed by atoms with E-state index in [4.69, 9.17) is 14.4 Å². The summed E-state index contributed by atoms with van der Waals surface area (Å²) in [4.78, 5) is 10.6. The molecule has 0 amide bonds. The highest BCUT2D eigenvalue weighted by molar-refractivity contribution is 6.19. The maximum absolute atomic E-state index is 6.32. The van der Waals surface area contributed by atoms with Gasteiger partial charge in [-0.1, -0.05) is 140 Å². The van der Waals surface area contributed by atoms with E-state index in [1.54, 1.807) is 0 Å². The second kappa shape index (κ2) is 12.2. The average Bonchev–Trinajstić information content (AvgIpc) is 3.79. The first-order valence-corrected chi connectivity index (χ1v) is 18.3. The molecule has 11 rings (SSSR count). The maximum Gasteiger partial charge on any atom is 0.160 e. The summed E-state index contributed by atoms with van der Waals surface area (Å²) in [5, 5.41) is 10.6. The van der Waals surface area contributed by atoms with Crippen molar-refractivity contribution in [1.29, 1.82) is 0 Å². The normalized spacial score (nSPS) is 14.5. The van der Waals surface area contributed by atoms with E-state index in [2.05, 4.69) is 168 Å². The number of furan rings is 1. The Hall–Kier alpha value is -7.24. The van der Waals surface area contributed by atoms with Crippen molar-refractivity contribution in [2.75, 3.05) is 0 Å². The van der Waals surface area contributed by atoms with Gasteiger partial charge in [-0.25, -0.2) is 9.98 Å². The average molecular weight is 693 g/mol. The molecule has 0 spiro atoms. The highest BCUT2D eigenvalue weighted by Gasteiger charge is 2.24. The third-order valence-corrected chi connectivity index (χ3v) is 10.7. The van der Waals surface area contributed by atoms with E-state index in [0.29, 0.717) is 5.84 Å². The van der Waals surface area contributed by atoms with Crippen LogP contribution >= 0.6 is 0 Å². The van der Waals surface area contributed by atoms with Crippen molar-refractivity contribution in [3.8, 4) is 16.8 Å². The van der Waals surface area contributed by atoms with Gasteiger partial charge in [-0.15, -0.1) is 0 Å². The molecule has 3 heterocycles. The molecule has 1 aliphatic rings. The lowest BCUT2D eigenvalue weighted by Crippen LogP contribution is -2.33. The van der Waals surface area contributed by atoms with Gasteiger partial charge in [-0.2, -0.15) is 0 Å². The lowest BCUT2D eigenvalue weighted by molar-refractivity contribution is 0.666. The molecule has 54 heavy (non-hydrogen) atoms. The van der Waals surface area contributed by atoms with Crippen molar-refractivity contribution >= 4 is 66.2 Å². The molecule has 8 aromatic carbocycles. The quantitative estimate of drug-likeness (QED) is 0.195. The van der Waals surface area contributed by atoms with Gasteiger partial charge in [0.15, 0.2) is 5.84 Å². The molecular weight excluding hydrogens is 661 g/mol. The molecule has 1 atom stereocenters. The summed E-state index contributed by atoms with van der Waals surface area (Å²) >= 11 is 0. The van der Waals surface area contributed by atoms with Crippen LogP contribution in [0.4, 0.5) is 0 Å². The minimum atomic E-state index is -0.377. The Morgan fingerprint density at radius 3 is 1.94 bits per heavy atom. The molecule has 1 aliphatic heterocycles. The van der Waals surface area contributed by atoms with Gasteiger partial charge in [0.25, 0.3) is 0 Å². The van der Waals surface area contributed by atoms with Crippen molar-refractivity contribution in [2.24, 2.45) is 9.98 Å². The van der Waals surface area contributed by atoms with Gasteiger partial charge in [0.05, 0.1) is 16.7 Å². The summed E-state index contributed by atoms with van der Waals surface area (Å²) in [6.45, 7) is 0. The minimum Gasteiger partial charge on any atom is -0.456 e. The number of benzene rings is 8. The van der Waals surface area contributed by atoms with Gasteiger partial charge in [-0.05, 0) is 64.5 Å². The van der Waals surface area contributed by atoms with E-state index in [1.165, 1.54) is 21.8 Å². The van der Waals surface area contributed by atoms with Crippen LogP contribution in [0.2, 0.25) is 0 Å². The van der Waals surface area contributed by atoms with Gasteiger partial charge in [0, 0.05) is 38.1 Å². The van der Waals surface area contributed by atoms with Crippen LogP contribution in [0.25, 0.3) is 71.3 Å². The monoisotopic (exact) mass is 692 g/mol. The maximum atomic E-state index is 6.32. The number of fused-ring (bicyclic) bond motifs is 7. The number of nitrogens with zero attached hydrogens (tertiary/aromatic N) is 3. The van der Waals surface area contributed by atoms with Crippen LogP contribution in [0.3, 0.4) is 0 Å². The molecule has 0 radical (unpaired) electrons. The first-order valence-electron chi connectivity index (χ1n) is 18.3. The second-order valence-corrected chi connectivity index (χ2v) is 13.8. The summed E-state index contributed by atoms with van der Waals surface area (Å²) < 4.78 is 8.71. The Kier molecular flexibility index (Phi) is 6.85. The standard InChI is InChI=1S/C49H32N4O/c1-2-13-31(14-3-1)32-15-10-16-33(29-32)47-50-48(34-27-28-40-39-19-6-9-26-45(39)54-46(40)30-34)52-49(51-47)41-22-11-21-36-35(41)20-12-25-44(36)53-42-23-7-4-17-37(42)38-18-5-8-24-43(38)53/h1-30,47H,(H,50,51,52). The summed E-state index contributed by atoms with van der Waals surface area (Å²) in [6.07, 6.45) is -0.377. The number of aliphatic imine (C=N–C) groups is 2. The molecule has 0 fully saturated rings. The minimum absolute atomic E-state index is 0.377. The van der Waals surface area contributed by atoms with Crippen LogP contribution in [-0.2, 0) is 0 Å². The molecule has 5 nitrogen and oxygen atoms in total. The fourth-order valence-electron chi connectivity index (χ4n) is 8.14. The molecule has 1 N–H and O–H groups in total. The summed E-state index contributed by atoms with van der Waals surface area (Å²) in [7, 11) is 0. The molecule has 254 valence electrons. The number of amidine groups is 2. The molecule has 2 aromatic heterocycles. The van der Waals surface area contributed by atoms with Crippen LogP contribution < -0.4 is 5.32 Å². The Labute approximate surface area is 311 Å². The molecule has 0 saturated carbocycles. The summed E-state index contributed by atoms with van der Waals surface area (Å²) in [5.41, 5.74) is 10.4. The van der Waals surface area contributed by atoms with Crippen molar-refractivity contribution in [3.63, 3.8) is 0 Å². The molecule has 0 aliphatic carbocycles. The fourth-order valence-corrected chi connectivity index (χ4v) is 8.14. The van der Waals surface area contributed by atoms with E-state index in [9.17, 15) is 0 Å². The third-order valence-electron chi connectivity index (χ3n) is 10.7. The lowest BCUT2D eigenvalue weighted by atomic mass is 10.00. The summed E-state index contributed by atoms with van der Waals surface area (Å²) in [6, 6.07) is 63.9. The number of aromatic nitrogens is 1. The van der Waals surface area contributed by atoms with Gasteiger partial charge < -0.3 is 14.3 Å². The predicted molar refractivity (Wildman–Crippen MR) is 223 cm³/mol. The van der Waals surface area contributed by atoms with Crippen LogP contribution in [0.5, 0.6) is 0 Å². The largest absolute Gasteiger partial charge is 0.456 e. The Morgan fingerprint density at radius 2 is 1.11 bits per heavy atom. The molecule has 0 bridgehead atoms. The Morgan fingerprint density at radius 1 is 0.463 bits per heavy atom. The molecule has 5 heteroatoms. The van der Waals surface area contributed by atoms with Crippen molar-refractivity contribution < 1.29 is 4.42 Å². The van der Waals surface area contributed by atoms with E-state index < -0.39 is 0 Å². The third kappa shape index (κ3) is 4.86. The fraction of sp³-hybridized carbons (Fsp3) is 0.0204. The van der Waals surface area contributed by atoms with Gasteiger partial charge in [0.2, 0.25) is 0 Å². The highest BCUT2D eigenvalue weighted by Crippen LogP contribution is 2.36. The van der Waals surface area contributed by atoms with Crippen molar-refractivity contribution in [1.82, 2.24) is 9.88 Å². The van der Waals surface area contributed by atoms with E-state index in [1.807, 2.05) is 24.3 Å². The number of para-hydroxylation sites is 3. The van der Waals surface area contributed by atoms with Crippen LogP contribution in [0.1, 0.15) is 22.9 Å². The number of hydrogen-bond donors (Lipinski definition) is 1.